The number of aromatic amines is 1. The SMILES string of the molecule is Cc1cc([N+](=O)[O-])ccc1NC(=O)C1CC(=O)Nc2nc(N3CC(C)CC(C)C3)[nH]c(=O)c21. The van der Waals surface area contributed by atoms with Gasteiger partial charge in [0.15, 0.2) is 0 Å². The van der Waals surface area contributed by atoms with Crippen LogP contribution >= 0.6 is 0 Å². The number of H-pyrrole nitrogens is 1. The number of carbonyl (C=O) groups excluding carboxylic acids is 2. The molecule has 174 valence electrons. The number of anilines is 3. The molecule has 2 aliphatic heterocycles. The van der Waals surface area contributed by atoms with Gasteiger partial charge in [0.05, 0.1) is 16.4 Å². The molecule has 11 heteroatoms. The van der Waals surface area contributed by atoms with Crippen LogP contribution in [0.3, 0.4) is 0 Å². The minimum Gasteiger partial charge on any atom is -0.342 e. The third-order valence-corrected chi connectivity index (χ3v) is 6.10. The molecule has 1 fully saturated rings. The molecule has 3 atom stereocenters. The molecule has 4 rings (SSSR count). The number of nitrogens with one attached hydrogen (secondary N) is 3. The summed E-state index contributed by atoms with van der Waals surface area (Å²) in [5.74, 6) is -0.647. The van der Waals surface area contributed by atoms with Gasteiger partial charge in [0.2, 0.25) is 17.8 Å². The van der Waals surface area contributed by atoms with Crippen LogP contribution in [0.15, 0.2) is 23.0 Å². The molecule has 0 spiro atoms. The molecule has 0 radical (unpaired) electrons. The lowest BCUT2D eigenvalue weighted by atomic mass is 9.91. The van der Waals surface area contributed by atoms with Gasteiger partial charge >= 0.3 is 0 Å². The summed E-state index contributed by atoms with van der Waals surface area (Å²) in [6, 6.07) is 4.06. The van der Waals surface area contributed by atoms with Gasteiger partial charge in [-0.3, -0.25) is 29.5 Å². The van der Waals surface area contributed by atoms with Crippen LogP contribution in [0.4, 0.5) is 23.1 Å². The fourth-order valence-corrected chi connectivity index (χ4v) is 4.69. The summed E-state index contributed by atoms with van der Waals surface area (Å²) in [5, 5.41) is 16.3. The maximum absolute atomic E-state index is 13.1. The van der Waals surface area contributed by atoms with Gasteiger partial charge in [0.25, 0.3) is 11.2 Å². The van der Waals surface area contributed by atoms with E-state index in [0.717, 1.165) is 19.5 Å². The monoisotopic (exact) mass is 454 g/mol. The highest BCUT2D eigenvalue weighted by Gasteiger charge is 2.36. The van der Waals surface area contributed by atoms with Gasteiger partial charge in [-0.05, 0) is 36.8 Å². The normalized spacial score (nSPS) is 22.3. The van der Waals surface area contributed by atoms with E-state index in [9.17, 15) is 24.5 Å². The van der Waals surface area contributed by atoms with Crippen molar-refractivity contribution in [3.05, 3.63) is 49.8 Å². The average Bonchev–Trinajstić information content (AvgIpc) is 2.73. The highest BCUT2D eigenvalue weighted by Crippen LogP contribution is 2.32. The molecular weight excluding hydrogens is 428 g/mol. The first-order chi connectivity index (χ1) is 15.6. The molecule has 1 saturated heterocycles. The van der Waals surface area contributed by atoms with Crippen molar-refractivity contribution in [1.29, 1.82) is 0 Å². The second kappa shape index (κ2) is 8.64. The summed E-state index contributed by atoms with van der Waals surface area (Å²) in [4.78, 5) is 58.1. The first-order valence-corrected chi connectivity index (χ1v) is 10.9. The van der Waals surface area contributed by atoms with Gasteiger partial charge in [-0.2, -0.15) is 4.98 Å². The largest absolute Gasteiger partial charge is 0.342 e. The summed E-state index contributed by atoms with van der Waals surface area (Å²) < 4.78 is 0. The Labute approximate surface area is 189 Å². The molecule has 2 aliphatic rings. The number of aryl methyl sites for hydroxylation is 1. The number of piperidine rings is 1. The molecule has 2 amide bonds. The molecular formula is C22H26N6O5. The van der Waals surface area contributed by atoms with E-state index in [2.05, 4.69) is 34.4 Å². The Bertz CT molecular complexity index is 1180. The Morgan fingerprint density at radius 1 is 1.24 bits per heavy atom. The Hall–Kier alpha value is -3.76. The van der Waals surface area contributed by atoms with Gasteiger partial charge in [-0.25, -0.2) is 0 Å². The van der Waals surface area contributed by atoms with Gasteiger partial charge in [-0.1, -0.05) is 13.8 Å². The molecule has 1 aromatic carbocycles. The fraction of sp³-hybridized carbons (Fsp3) is 0.455. The summed E-state index contributed by atoms with van der Waals surface area (Å²) in [6.45, 7) is 7.39. The van der Waals surface area contributed by atoms with Gasteiger partial charge in [0, 0.05) is 37.3 Å². The molecule has 2 aromatic rings. The van der Waals surface area contributed by atoms with Crippen LogP contribution in [0.5, 0.6) is 0 Å². The molecule has 11 nitrogen and oxygen atoms in total. The lowest BCUT2D eigenvalue weighted by Crippen LogP contribution is -2.42. The van der Waals surface area contributed by atoms with Crippen LogP contribution in [0.25, 0.3) is 0 Å². The Morgan fingerprint density at radius 2 is 1.94 bits per heavy atom. The molecule has 3 unspecified atom stereocenters. The maximum atomic E-state index is 13.1. The molecule has 0 saturated carbocycles. The minimum atomic E-state index is -1.03. The third kappa shape index (κ3) is 4.57. The predicted octanol–water partition coefficient (Wildman–Crippen LogP) is 2.53. The zero-order valence-corrected chi connectivity index (χ0v) is 18.7. The standard InChI is InChI=1S/C22H26N6O5/c1-11-6-12(2)10-27(9-11)22-25-19-18(21(31)26-22)15(8-17(29)24-19)20(30)23-16-5-4-14(28(32)33)7-13(16)3/h4-5,7,11-12,15H,6,8-10H2,1-3H3,(H,23,30)(H2,24,25,26,29,31). The lowest BCUT2D eigenvalue weighted by Gasteiger charge is -2.35. The maximum Gasteiger partial charge on any atom is 0.269 e. The van der Waals surface area contributed by atoms with Crippen molar-refractivity contribution in [3.8, 4) is 0 Å². The third-order valence-electron chi connectivity index (χ3n) is 6.10. The van der Waals surface area contributed by atoms with Crippen LogP contribution in [-0.4, -0.2) is 39.8 Å². The smallest absolute Gasteiger partial charge is 0.269 e. The molecule has 33 heavy (non-hydrogen) atoms. The van der Waals surface area contributed by atoms with E-state index in [0.29, 0.717) is 29.0 Å². The van der Waals surface area contributed by atoms with E-state index >= 15 is 0 Å². The number of nitro groups is 1. The number of benzene rings is 1. The predicted molar refractivity (Wildman–Crippen MR) is 122 cm³/mol. The molecule has 3 N–H and O–H groups in total. The number of nitro benzene ring substituents is 1. The molecule has 0 bridgehead atoms. The summed E-state index contributed by atoms with van der Waals surface area (Å²) in [5.41, 5.74) is 0.404. The second-order valence-electron chi connectivity index (χ2n) is 9.05. The summed E-state index contributed by atoms with van der Waals surface area (Å²) in [6.07, 6.45) is 0.888. The van der Waals surface area contributed by atoms with E-state index in [1.54, 1.807) is 6.92 Å². The zero-order valence-electron chi connectivity index (χ0n) is 18.7. The molecule has 1 aromatic heterocycles. The topological polar surface area (TPSA) is 150 Å². The molecule has 3 heterocycles. The number of rotatable bonds is 4. The number of amides is 2. The van der Waals surface area contributed by atoms with Crippen molar-refractivity contribution in [2.24, 2.45) is 11.8 Å². The average molecular weight is 454 g/mol. The number of non-ortho nitro benzene ring substituents is 1. The van der Waals surface area contributed by atoms with Gasteiger partial charge in [-0.15, -0.1) is 0 Å². The summed E-state index contributed by atoms with van der Waals surface area (Å²) in [7, 11) is 0. The van der Waals surface area contributed by atoms with Crippen molar-refractivity contribution in [2.45, 2.75) is 39.5 Å². The van der Waals surface area contributed by atoms with Crippen LogP contribution in [0.2, 0.25) is 0 Å². The van der Waals surface area contributed by atoms with Crippen molar-refractivity contribution >= 4 is 35.0 Å². The van der Waals surface area contributed by atoms with Crippen LogP contribution in [0.1, 0.15) is 43.7 Å². The van der Waals surface area contributed by atoms with Crippen molar-refractivity contribution in [2.75, 3.05) is 28.6 Å². The second-order valence-corrected chi connectivity index (χ2v) is 9.05. The highest BCUT2D eigenvalue weighted by atomic mass is 16.6. The van der Waals surface area contributed by atoms with E-state index in [1.807, 2.05) is 4.90 Å². The van der Waals surface area contributed by atoms with Crippen LogP contribution in [-0.2, 0) is 9.59 Å². The quantitative estimate of drug-likeness (QED) is 0.474. The van der Waals surface area contributed by atoms with Crippen molar-refractivity contribution in [3.63, 3.8) is 0 Å². The van der Waals surface area contributed by atoms with Gasteiger partial charge < -0.3 is 15.5 Å². The van der Waals surface area contributed by atoms with E-state index < -0.39 is 28.2 Å². The number of carbonyl (C=O) groups is 2. The first kappa shape index (κ1) is 22.4. The number of nitrogens with zero attached hydrogens (tertiary/aromatic N) is 3. The van der Waals surface area contributed by atoms with Crippen LogP contribution in [0, 0.1) is 28.9 Å². The number of fused-ring (bicyclic) bond motifs is 1. The van der Waals surface area contributed by atoms with E-state index in [4.69, 9.17) is 0 Å². The minimum absolute atomic E-state index is 0.0939. The van der Waals surface area contributed by atoms with E-state index in [-0.39, 0.29) is 23.5 Å². The van der Waals surface area contributed by atoms with Crippen LogP contribution < -0.4 is 21.1 Å². The highest BCUT2D eigenvalue weighted by molar-refractivity contribution is 6.04. The zero-order chi connectivity index (χ0) is 23.9. The van der Waals surface area contributed by atoms with Crippen molar-refractivity contribution in [1.82, 2.24) is 9.97 Å². The van der Waals surface area contributed by atoms with Gasteiger partial charge in [0.1, 0.15) is 5.82 Å². The van der Waals surface area contributed by atoms with E-state index in [1.165, 1.54) is 18.2 Å². The Morgan fingerprint density at radius 3 is 2.58 bits per heavy atom. The Kier molecular flexibility index (Phi) is 5.88. The number of aromatic nitrogens is 2. The molecule has 0 aliphatic carbocycles. The summed E-state index contributed by atoms with van der Waals surface area (Å²) >= 11 is 0. The Balaban J connectivity index is 1.63. The lowest BCUT2D eigenvalue weighted by molar-refractivity contribution is -0.384. The fourth-order valence-electron chi connectivity index (χ4n) is 4.69. The number of hydrogen-bond acceptors (Lipinski definition) is 7. The van der Waals surface area contributed by atoms with Crippen molar-refractivity contribution < 1.29 is 14.5 Å². The number of hydrogen-bond donors (Lipinski definition) is 3. The first-order valence-electron chi connectivity index (χ1n) is 10.9.